The monoisotopic (exact) mass is 292 g/mol. The van der Waals surface area contributed by atoms with Crippen LogP contribution in [0.3, 0.4) is 0 Å². The van der Waals surface area contributed by atoms with Gasteiger partial charge in [0.2, 0.25) is 0 Å². The number of alkyl halides is 3. The number of rotatable bonds is 6. The van der Waals surface area contributed by atoms with Gasteiger partial charge in [0, 0.05) is 12.6 Å². The molecule has 6 heteroatoms. The van der Waals surface area contributed by atoms with Gasteiger partial charge >= 0.3 is 6.18 Å². The second-order valence-electron chi connectivity index (χ2n) is 4.81. The standard InChI is InChI=1S/C14H20F4N2/c1-3-9(4-2)12(19)8-20-13-6-5-10(7-11(13)15)14(16,17)18/h5-7,9,12,20H,3-4,8,19H2,1-2H3. The molecule has 1 aromatic rings. The molecule has 1 unspecified atom stereocenters. The molecule has 0 amide bonds. The molecule has 0 aliphatic carbocycles. The summed E-state index contributed by atoms with van der Waals surface area (Å²) in [4.78, 5) is 0. The van der Waals surface area contributed by atoms with Crippen LogP contribution in [0.25, 0.3) is 0 Å². The van der Waals surface area contributed by atoms with Gasteiger partial charge in [-0.05, 0) is 24.1 Å². The quantitative estimate of drug-likeness (QED) is 0.777. The number of anilines is 1. The highest BCUT2D eigenvalue weighted by atomic mass is 19.4. The second-order valence-corrected chi connectivity index (χ2v) is 4.81. The molecule has 1 aromatic carbocycles. The molecule has 0 aliphatic heterocycles. The van der Waals surface area contributed by atoms with Crippen LogP contribution in [-0.2, 0) is 6.18 Å². The summed E-state index contributed by atoms with van der Waals surface area (Å²) in [5.74, 6) is -0.614. The zero-order valence-electron chi connectivity index (χ0n) is 11.6. The summed E-state index contributed by atoms with van der Waals surface area (Å²) in [6.07, 6.45) is -2.71. The van der Waals surface area contributed by atoms with E-state index in [1.165, 1.54) is 0 Å². The third-order valence-electron chi connectivity index (χ3n) is 3.48. The van der Waals surface area contributed by atoms with Gasteiger partial charge in [-0.1, -0.05) is 26.7 Å². The third-order valence-corrected chi connectivity index (χ3v) is 3.48. The molecule has 0 heterocycles. The molecule has 0 radical (unpaired) electrons. The molecule has 0 aliphatic rings. The molecule has 0 saturated heterocycles. The average molecular weight is 292 g/mol. The summed E-state index contributed by atoms with van der Waals surface area (Å²) in [5, 5.41) is 2.77. The molecule has 0 fully saturated rings. The van der Waals surface area contributed by atoms with Crippen LogP contribution < -0.4 is 11.1 Å². The largest absolute Gasteiger partial charge is 0.416 e. The van der Waals surface area contributed by atoms with Crippen LogP contribution >= 0.6 is 0 Å². The molecule has 2 nitrogen and oxygen atoms in total. The lowest BCUT2D eigenvalue weighted by Gasteiger charge is -2.22. The first-order valence-electron chi connectivity index (χ1n) is 6.65. The zero-order valence-corrected chi connectivity index (χ0v) is 11.6. The van der Waals surface area contributed by atoms with E-state index in [2.05, 4.69) is 5.32 Å². The van der Waals surface area contributed by atoms with Crippen LogP contribution in [0.15, 0.2) is 18.2 Å². The van der Waals surface area contributed by atoms with Crippen LogP contribution in [0.4, 0.5) is 23.2 Å². The minimum absolute atomic E-state index is 0.0411. The van der Waals surface area contributed by atoms with Gasteiger partial charge in [-0.15, -0.1) is 0 Å². The van der Waals surface area contributed by atoms with E-state index in [1.54, 1.807) is 0 Å². The number of hydrogen-bond acceptors (Lipinski definition) is 2. The first-order valence-corrected chi connectivity index (χ1v) is 6.65. The highest BCUT2D eigenvalue weighted by Crippen LogP contribution is 2.31. The molecular formula is C14H20F4N2. The van der Waals surface area contributed by atoms with E-state index in [0.29, 0.717) is 18.5 Å². The van der Waals surface area contributed by atoms with Crippen LogP contribution in [0.5, 0.6) is 0 Å². The Labute approximate surface area is 116 Å². The smallest absolute Gasteiger partial charge is 0.381 e. The van der Waals surface area contributed by atoms with Crippen molar-refractivity contribution in [1.29, 1.82) is 0 Å². The molecule has 0 bridgehead atoms. The lowest BCUT2D eigenvalue weighted by molar-refractivity contribution is -0.137. The van der Waals surface area contributed by atoms with Gasteiger partial charge in [-0.3, -0.25) is 0 Å². The second kappa shape index (κ2) is 6.92. The number of nitrogens with one attached hydrogen (secondary N) is 1. The Balaban J connectivity index is 2.70. The van der Waals surface area contributed by atoms with Crippen molar-refractivity contribution < 1.29 is 17.6 Å². The van der Waals surface area contributed by atoms with Crippen LogP contribution in [-0.4, -0.2) is 12.6 Å². The van der Waals surface area contributed by atoms with E-state index in [4.69, 9.17) is 5.73 Å². The van der Waals surface area contributed by atoms with Crippen molar-refractivity contribution in [2.24, 2.45) is 11.7 Å². The van der Waals surface area contributed by atoms with Gasteiger partial charge in [0.15, 0.2) is 0 Å². The topological polar surface area (TPSA) is 38.0 Å². The number of nitrogens with two attached hydrogens (primary N) is 1. The van der Waals surface area contributed by atoms with E-state index in [-0.39, 0.29) is 11.7 Å². The van der Waals surface area contributed by atoms with E-state index in [1.807, 2.05) is 13.8 Å². The predicted octanol–water partition coefficient (Wildman–Crippen LogP) is 4.02. The Morgan fingerprint density at radius 3 is 2.25 bits per heavy atom. The van der Waals surface area contributed by atoms with E-state index < -0.39 is 17.6 Å². The highest BCUT2D eigenvalue weighted by Gasteiger charge is 2.31. The van der Waals surface area contributed by atoms with Crippen molar-refractivity contribution in [2.75, 3.05) is 11.9 Å². The summed E-state index contributed by atoms with van der Waals surface area (Å²) in [6, 6.07) is 2.28. The molecule has 1 rings (SSSR count). The molecule has 1 atom stereocenters. The molecule has 0 spiro atoms. The van der Waals surface area contributed by atoms with Crippen molar-refractivity contribution >= 4 is 5.69 Å². The molecular weight excluding hydrogens is 272 g/mol. The molecule has 0 saturated carbocycles. The minimum Gasteiger partial charge on any atom is -0.381 e. The first kappa shape index (κ1) is 16.8. The van der Waals surface area contributed by atoms with Crippen molar-refractivity contribution in [3.05, 3.63) is 29.6 Å². The van der Waals surface area contributed by atoms with Crippen LogP contribution in [0.1, 0.15) is 32.3 Å². The maximum absolute atomic E-state index is 13.6. The number of benzene rings is 1. The maximum atomic E-state index is 13.6. The maximum Gasteiger partial charge on any atom is 0.416 e. The fraction of sp³-hybridized carbons (Fsp3) is 0.571. The van der Waals surface area contributed by atoms with Gasteiger partial charge in [-0.25, -0.2) is 4.39 Å². The van der Waals surface area contributed by atoms with Crippen molar-refractivity contribution in [3.63, 3.8) is 0 Å². The first-order chi connectivity index (χ1) is 9.29. The van der Waals surface area contributed by atoms with Gasteiger partial charge in [-0.2, -0.15) is 13.2 Å². The Morgan fingerprint density at radius 2 is 1.80 bits per heavy atom. The summed E-state index contributed by atoms with van der Waals surface area (Å²) in [7, 11) is 0. The molecule has 0 aromatic heterocycles. The van der Waals surface area contributed by atoms with Crippen molar-refractivity contribution in [3.8, 4) is 0 Å². The van der Waals surface area contributed by atoms with Gasteiger partial charge < -0.3 is 11.1 Å². The third kappa shape index (κ3) is 4.37. The van der Waals surface area contributed by atoms with Crippen molar-refractivity contribution in [1.82, 2.24) is 0 Å². The van der Waals surface area contributed by atoms with Crippen molar-refractivity contribution in [2.45, 2.75) is 38.9 Å². The SMILES string of the molecule is CCC(CC)C(N)CNc1ccc(C(F)(F)F)cc1F. The Morgan fingerprint density at radius 1 is 1.20 bits per heavy atom. The summed E-state index contributed by atoms with van der Waals surface area (Å²) in [6.45, 7) is 4.37. The Hall–Kier alpha value is -1.30. The van der Waals surface area contributed by atoms with Gasteiger partial charge in [0.1, 0.15) is 5.82 Å². The number of halogens is 4. The number of hydrogen-bond donors (Lipinski definition) is 2. The van der Waals surface area contributed by atoms with E-state index >= 15 is 0 Å². The normalized spacial score (nSPS) is 13.6. The lowest BCUT2D eigenvalue weighted by atomic mass is 9.95. The Kier molecular flexibility index (Phi) is 5.80. The Bertz CT molecular complexity index is 428. The van der Waals surface area contributed by atoms with Crippen LogP contribution in [0, 0.1) is 11.7 Å². The van der Waals surface area contributed by atoms with Crippen LogP contribution in [0.2, 0.25) is 0 Å². The zero-order chi connectivity index (χ0) is 15.3. The highest BCUT2D eigenvalue weighted by molar-refractivity contribution is 5.47. The molecule has 3 N–H and O–H groups in total. The average Bonchev–Trinajstić information content (AvgIpc) is 2.37. The minimum atomic E-state index is -4.54. The lowest BCUT2D eigenvalue weighted by Crippen LogP contribution is -2.36. The van der Waals surface area contributed by atoms with E-state index in [9.17, 15) is 17.6 Å². The van der Waals surface area contributed by atoms with Gasteiger partial charge in [0.05, 0.1) is 11.3 Å². The summed E-state index contributed by atoms with van der Waals surface area (Å²) >= 11 is 0. The summed E-state index contributed by atoms with van der Waals surface area (Å²) < 4.78 is 50.8. The summed E-state index contributed by atoms with van der Waals surface area (Å²) in [5.41, 5.74) is 5.02. The van der Waals surface area contributed by atoms with Gasteiger partial charge in [0.25, 0.3) is 0 Å². The van der Waals surface area contributed by atoms with E-state index in [0.717, 1.165) is 25.0 Å². The predicted molar refractivity (Wildman–Crippen MR) is 71.9 cm³/mol. The fourth-order valence-electron chi connectivity index (χ4n) is 2.12. The molecule has 20 heavy (non-hydrogen) atoms. The molecule has 114 valence electrons. The fourth-order valence-corrected chi connectivity index (χ4v) is 2.12.